The van der Waals surface area contributed by atoms with Crippen molar-refractivity contribution in [1.29, 1.82) is 0 Å². The van der Waals surface area contributed by atoms with Gasteiger partial charge < -0.3 is 14.8 Å². The number of halogens is 2. The fraction of sp³-hybridized carbons (Fsp3) is 0.188. The van der Waals surface area contributed by atoms with Crippen LogP contribution in [0.1, 0.15) is 6.92 Å². The number of rotatable bonds is 6. The highest BCUT2D eigenvalue weighted by atomic mass is 19.3. The van der Waals surface area contributed by atoms with Crippen LogP contribution in [0.3, 0.4) is 0 Å². The Bertz CT molecular complexity index is 620. The fourth-order valence-electron chi connectivity index (χ4n) is 1.76. The topological polar surface area (TPSA) is 47.6 Å². The Balaban J connectivity index is 2.02. The molecule has 0 aliphatic heterocycles. The second-order valence-corrected chi connectivity index (χ2v) is 4.44. The first-order valence-electron chi connectivity index (χ1n) is 6.62. The Morgan fingerprint density at radius 2 is 1.64 bits per heavy atom. The molecule has 0 aliphatic rings. The molecule has 116 valence electrons. The van der Waals surface area contributed by atoms with Gasteiger partial charge in [-0.25, -0.2) is 0 Å². The number of hydrogen-bond acceptors (Lipinski definition) is 3. The summed E-state index contributed by atoms with van der Waals surface area (Å²) in [5.74, 6) is -0.0193. The number of hydrogen-bond donors (Lipinski definition) is 1. The van der Waals surface area contributed by atoms with E-state index in [2.05, 4.69) is 10.1 Å². The molecule has 0 fully saturated rings. The van der Waals surface area contributed by atoms with Crippen LogP contribution < -0.4 is 14.8 Å². The zero-order chi connectivity index (χ0) is 15.9. The summed E-state index contributed by atoms with van der Waals surface area (Å²) in [7, 11) is 0. The van der Waals surface area contributed by atoms with Crippen LogP contribution in [0.25, 0.3) is 0 Å². The average molecular weight is 307 g/mol. The molecular formula is C16H15F2NO3. The predicted octanol–water partition coefficient (Wildman–Crippen LogP) is 3.69. The maximum Gasteiger partial charge on any atom is 0.387 e. The third-order valence-electron chi connectivity index (χ3n) is 2.79. The van der Waals surface area contributed by atoms with Crippen LogP contribution in [0.4, 0.5) is 14.5 Å². The second-order valence-electron chi connectivity index (χ2n) is 4.44. The van der Waals surface area contributed by atoms with Crippen LogP contribution in [-0.4, -0.2) is 18.6 Å². The Morgan fingerprint density at radius 1 is 1.00 bits per heavy atom. The number of carbonyl (C=O) groups excluding carboxylic acids is 1. The Kier molecular flexibility index (Phi) is 5.30. The minimum atomic E-state index is -2.96. The first-order valence-corrected chi connectivity index (χ1v) is 6.62. The van der Waals surface area contributed by atoms with Gasteiger partial charge in [-0.2, -0.15) is 8.78 Å². The maximum atomic E-state index is 12.3. The molecular weight excluding hydrogens is 292 g/mol. The van der Waals surface area contributed by atoms with E-state index in [1.807, 2.05) is 6.07 Å². The highest BCUT2D eigenvalue weighted by molar-refractivity contribution is 5.95. The van der Waals surface area contributed by atoms with E-state index in [-0.39, 0.29) is 11.4 Å². The van der Waals surface area contributed by atoms with E-state index < -0.39 is 18.6 Å². The van der Waals surface area contributed by atoms with Crippen molar-refractivity contribution in [3.05, 3.63) is 54.6 Å². The average Bonchev–Trinajstić information content (AvgIpc) is 2.49. The van der Waals surface area contributed by atoms with E-state index in [1.165, 1.54) is 18.2 Å². The van der Waals surface area contributed by atoms with Gasteiger partial charge in [0.05, 0.1) is 5.69 Å². The Hall–Kier alpha value is -2.63. The number of benzene rings is 2. The largest absolute Gasteiger partial charge is 0.481 e. The van der Waals surface area contributed by atoms with Gasteiger partial charge in [-0.3, -0.25) is 4.79 Å². The van der Waals surface area contributed by atoms with Crippen LogP contribution >= 0.6 is 0 Å². The lowest BCUT2D eigenvalue weighted by Gasteiger charge is -2.16. The quantitative estimate of drug-likeness (QED) is 0.885. The van der Waals surface area contributed by atoms with Crippen LogP contribution in [0.2, 0.25) is 0 Å². The number of amides is 1. The number of alkyl halides is 2. The minimum absolute atomic E-state index is 0.0993. The van der Waals surface area contributed by atoms with Gasteiger partial charge in [0.15, 0.2) is 6.10 Å². The smallest absolute Gasteiger partial charge is 0.387 e. The summed E-state index contributed by atoms with van der Waals surface area (Å²) >= 11 is 0. The monoisotopic (exact) mass is 307 g/mol. The van der Waals surface area contributed by atoms with Gasteiger partial charge in [-0.05, 0) is 31.2 Å². The zero-order valence-corrected chi connectivity index (χ0v) is 11.8. The van der Waals surface area contributed by atoms with Gasteiger partial charge >= 0.3 is 6.61 Å². The zero-order valence-electron chi connectivity index (χ0n) is 11.8. The fourth-order valence-corrected chi connectivity index (χ4v) is 1.76. The number of nitrogens with one attached hydrogen (secondary N) is 1. The predicted molar refractivity (Wildman–Crippen MR) is 78.2 cm³/mol. The molecule has 4 nitrogen and oxygen atoms in total. The molecule has 2 aromatic rings. The van der Waals surface area contributed by atoms with Gasteiger partial charge in [0, 0.05) is 0 Å². The molecule has 0 heterocycles. The van der Waals surface area contributed by atoms with Gasteiger partial charge in [-0.1, -0.05) is 30.3 Å². The molecule has 1 amide bonds. The van der Waals surface area contributed by atoms with E-state index in [4.69, 9.17) is 4.74 Å². The number of para-hydroxylation sites is 3. The van der Waals surface area contributed by atoms with Gasteiger partial charge in [-0.15, -0.1) is 0 Å². The molecule has 0 saturated carbocycles. The van der Waals surface area contributed by atoms with E-state index in [9.17, 15) is 13.6 Å². The lowest BCUT2D eigenvalue weighted by molar-refractivity contribution is -0.122. The molecule has 2 aromatic carbocycles. The van der Waals surface area contributed by atoms with Crippen molar-refractivity contribution in [3.8, 4) is 11.5 Å². The molecule has 1 N–H and O–H groups in total. The van der Waals surface area contributed by atoms with Crippen molar-refractivity contribution in [3.63, 3.8) is 0 Å². The first kappa shape index (κ1) is 15.8. The molecule has 22 heavy (non-hydrogen) atoms. The summed E-state index contributed by atoms with van der Waals surface area (Å²) in [4.78, 5) is 12.1. The normalized spacial score (nSPS) is 11.8. The molecule has 1 unspecified atom stereocenters. The first-order chi connectivity index (χ1) is 10.6. The Morgan fingerprint density at radius 3 is 2.32 bits per heavy atom. The van der Waals surface area contributed by atoms with E-state index in [0.717, 1.165) is 0 Å². The van der Waals surface area contributed by atoms with Gasteiger partial charge in [0.25, 0.3) is 5.91 Å². The summed E-state index contributed by atoms with van der Waals surface area (Å²) in [5.41, 5.74) is 0.163. The molecule has 0 bridgehead atoms. The molecule has 0 spiro atoms. The molecule has 0 aliphatic carbocycles. The molecule has 1 atom stereocenters. The second kappa shape index (κ2) is 7.40. The lowest BCUT2D eigenvalue weighted by atomic mass is 10.2. The molecule has 0 radical (unpaired) electrons. The lowest BCUT2D eigenvalue weighted by Crippen LogP contribution is -2.30. The van der Waals surface area contributed by atoms with Crippen molar-refractivity contribution in [2.45, 2.75) is 19.6 Å². The van der Waals surface area contributed by atoms with Gasteiger partial charge in [0.1, 0.15) is 11.5 Å². The highest BCUT2D eigenvalue weighted by Gasteiger charge is 2.17. The van der Waals surface area contributed by atoms with Crippen molar-refractivity contribution < 1.29 is 23.0 Å². The highest BCUT2D eigenvalue weighted by Crippen LogP contribution is 2.25. The summed E-state index contributed by atoms with van der Waals surface area (Å²) in [6.07, 6.45) is -0.790. The van der Waals surface area contributed by atoms with E-state index in [1.54, 1.807) is 37.3 Å². The summed E-state index contributed by atoms with van der Waals surface area (Å²) in [6, 6.07) is 14.8. The van der Waals surface area contributed by atoms with Crippen molar-refractivity contribution in [2.75, 3.05) is 5.32 Å². The van der Waals surface area contributed by atoms with Crippen LogP contribution in [0.5, 0.6) is 11.5 Å². The van der Waals surface area contributed by atoms with E-state index in [0.29, 0.717) is 5.75 Å². The summed E-state index contributed by atoms with van der Waals surface area (Å²) in [5, 5.41) is 2.51. The minimum Gasteiger partial charge on any atom is -0.481 e. The molecule has 0 aromatic heterocycles. The summed E-state index contributed by atoms with van der Waals surface area (Å²) in [6.45, 7) is -1.39. The van der Waals surface area contributed by atoms with Crippen LogP contribution in [-0.2, 0) is 4.79 Å². The number of anilines is 1. The third kappa shape index (κ3) is 4.44. The molecule has 2 rings (SSSR count). The molecule has 0 saturated heterocycles. The van der Waals surface area contributed by atoms with Crippen LogP contribution in [0.15, 0.2) is 54.6 Å². The SMILES string of the molecule is CC(Oc1ccccc1)C(=O)Nc1ccccc1OC(F)F. The number of carbonyl (C=O) groups is 1. The van der Waals surface area contributed by atoms with E-state index >= 15 is 0 Å². The van der Waals surface area contributed by atoms with Crippen molar-refractivity contribution in [1.82, 2.24) is 0 Å². The van der Waals surface area contributed by atoms with Gasteiger partial charge in [0.2, 0.25) is 0 Å². The Labute approximate surface area is 126 Å². The maximum absolute atomic E-state index is 12.3. The third-order valence-corrected chi connectivity index (χ3v) is 2.79. The summed E-state index contributed by atoms with van der Waals surface area (Å²) < 4.78 is 34.5. The van der Waals surface area contributed by atoms with Crippen molar-refractivity contribution in [2.24, 2.45) is 0 Å². The van der Waals surface area contributed by atoms with Crippen LogP contribution in [0, 0.1) is 0 Å². The molecule has 6 heteroatoms. The number of ether oxygens (including phenoxy) is 2. The standard InChI is InChI=1S/C16H15F2NO3/c1-11(21-12-7-3-2-4-8-12)15(20)19-13-9-5-6-10-14(13)22-16(17)18/h2-11,16H,1H3,(H,19,20). The van der Waals surface area contributed by atoms with Crippen molar-refractivity contribution >= 4 is 11.6 Å².